The van der Waals surface area contributed by atoms with E-state index in [9.17, 15) is 0 Å². The molecule has 2 aromatic rings. The molecule has 1 unspecified atom stereocenters. The van der Waals surface area contributed by atoms with Crippen molar-refractivity contribution >= 4 is 29.0 Å². The van der Waals surface area contributed by atoms with Crippen molar-refractivity contribution in [2.24, 2.45) is 0 Å². The maximum atomic E-state index is 6.20. The summed E-state index contributed by atoms with van der Waals surface area (Å²) in [4.78, 5) is 4.11. The van der Waals surface area contributed by atoms with Crippen molar-refractivity contribution in [3.8, 4) is 0 Å². The maximum Gasteiger partial charge on any atom is 0.128 e. The van der Waals surface area contributed by atoms with Gasteiger partial charge >= 0.3 is 0 Å². The summed E-state index contributed by atoms with van der Waals surface area (Å²) in [6.45, 7) is 0. The van der Waals surface area contributed by atoms with E-state index in [4.69, 9.17) is 28.9 Å². The summed E-state index contributed by atoms with van der Waals surface area (Å²) in [5, 5.41) is 4.55. The fraction of sp³-hybridized carbons (Fsp3) is 0.214. The van der Waals surface area contributed by atoms with Crippen LogP contribution in [0.5, 0.6) is 0 Å². The van der Waals surface area contributed by atoms with Crippen LogP contribution >= 0.6 is 23.2 Å². The van der Waals surface area contributed by atoms with Crippen molar-refractivity contribution in [2.75, 3.05) is 12.8 Å². The van der Waals surface area contributed by atoms with Crippen molar-refractivity contribution in [3.63, 3.8) is 0 Å². The van der Waals surface area contributed by atoms with Gasteiger partial charge in [-0.05, 0) is 37.2 Å². The fourth-order valence-electron chi connectivity index (χ4n) is 2.02. The van der Waals surface area contributed by atoms with Gasteiger partial charge in [0.15, 0.2) is 0 Å². The van der Waals surface area contributed by atoms with Crippen LogP contribution in [0.4, 0.5) is 5.82 Å². The van der Waals surface area contributed by atoms with Crippen molar-refractivity contribution in [1.29, 1.82) is 0 Å². The Hall–Kier alpha value is -1.29. The Morgan fingerprint density at radius 2 is 1.89 bits per heavy atom. The normalized spacial score (nSPS) is 12.4. The van der Waals surface area contributed by atoms with E-state index >= 15 is 0 Å². The van der Waals surface area contributed by atoms with E-state index in [1.807, 2.05) is 37.4 Å². The highest BCUT2D eigenvalue weighted by Crippen LogP contribution is 2.30. The van der Waals surface area contributed by atoms with E-state index in [1.54, 1.807) is 6.20 Å². The molecular formula is C14H15Cl2N3. The number of nitrogens with two attached hydrogens (primary N) is 1. The van der Waals surface area contributed by atoms with Crippen LogP contribution in [0, 0.1) is 0 Å². The highest BCUT2D eigenvalue weighted by molar-refractivity contribution is 6.36. The molecule has 5 heteroatoms. The number of nitrogens with zero attached hydrogens (tertiary/aromatic N) is 1. The summed E-state index contributed by atoms with van der Waals surface area (Å²) in [6.07, 6.45) is 2.33. The van der Waals surface area contributed by atoms with Crippen molar-refractivity contribution in [2.45, 2.75) is 12.5 Å². The fourth-order valence-corrected chi connectivity index (χ4v) is 2.58. The number of aromatic nitrogens is 1. The average molecular weight is 296 g/mol. The van der Waals surface area contributed by atoms with E-state index in [0.29, 0.717) is 22.3 Å². The molecule has 1 aromatic carbocycles. The molecule has 0 amide bonds. The summed E-state index contributed by atoms with van der Waals surface area (Å²) in [6, 6.07) is 9.34. The van der Waals surface area contributed by atoms with Gasteiger partial charge in [0, 0.05) is 27.8 Å². The quantitative estimate of drug-likeness (QED) is 0.908. The molecule has 0 fully saturated rings. The maximum absolute atomic E-state index is 6.20. The van der Waals surface area contributed by atoms with Crippen molar-refractivity contribution < 1.29 is 0 Å². The van der Waals surface area contributed by atoms with Crippen LogP contribution < -0.4 is 11.1 Å². The largest absolute Gasteiger partial charge is 0.383 e. The molecule has 0 radical (unpaired) electrons. The summed E-state index contributed by atoms with van der Waals surface area (Å²) in [7, 11) is 1.88. The Kier molecular flexibility index (Phi) is 4.64. The highest BCUT2D eigenvalue weighted by Gasteiger charge is 2.16. The minimum atomic E-state index is 0.0195. The molecule has 0 bridgehead atoms. The molecule has 0 aliphatic heterocycles. The van der Waals surface area contributed by atoms with Crippen LogP contribution in [0.25, 0.3) is 0 Å². The van der Waals surface area contributed by atoms with E-state index in [0.717, 1.165) is 11.1 Å². The predicted molar refractivity (Wildman–Crippen MR) is 80.6 cm³/mol. The second-order valence-corrected chi connectivity index (χ2v) is 5.04. The van der Waals surface area contributed by atoms with Gasteiger partial charge in [0.1, 0.15) is 5.82 Å². The molecule has 0 aliphatic rings. The minimum Gasteiger partial charge on any atom is -0.383 e. The molecule has 1 heterocycles. The average Bonchev–Trinajstić information content (AvgIpc) is 2.40. The van der Waals surface area contributed by atoms with Crippen LogP contribution in [0.15, 0.2) is 36.5 Å². The monoisotopic (exact) mass is 295 g/mol. The number of rotatable bonds is 4. The van der Waals surface area contributed by atoms with Gasteiger partial charge in [0.25, 0.3) is 0 Å². The molecule has 19 heavy (non-hydrogen) atoms. The third-order valence-electron chi connectivity index (χ3n) is 3.07. The lowest BCUT2D eigenvalue weighted by Gasteiger charge is -2.19. The summed E-state index contributed by atoms with van der Waals surface area (Å²) >= 11 is 12.4. The number of hydrogen-bond acceptors (Lipinski definition) is 3. The van der Waals surface area contributed by atoms with Gasteiger partial charge in [-0.1, -0.05) is 35.3 Å². The highest BCUT2D eigenvalue weighted by atomic mass is 35.5. The second-order valence-electron chi connectivity index (χ2n) is 4.22. The van der Waals surface area contributed by atoms with E-state index in [1.165, 1.54) is 0 Å². The predicted octanol–water partition coefficient (Wildman–Crippen LogP) is 3.47. The SMILES string of the molecule is CNC(Cc1c(Cl)cccc1Cl)c1cccnc1N. The Bertz CT molecular complexity index is 552. The van der Waals surface area contributed by atoms with Gasteiger partial charge in [-0.15, -0.1) is 0 Å². The Labute approximate surface area is 122 Å². The van der Waals surface area contributed by atoms with Crippen LogP contribution in [-0.2, 0) is 6.42 Å². The second kappa shape index (κ2) is 6.24. The third-order valence-corrected chi connectivity index (χ3v) is 3.77. The minimum absolute atomic E-state index is 0.0195. The van der Waals surface area contributed by atoms with E-state index in [-0.39, 0.29) is 6.04 Å². The summed E-state index contributed by atoms with van der Waals surface area (Å²) in [5.74, 6) is 0.519. The molecule has 100 valence electrons. The van der Waals surface area contributed by atoms with Gasteiger partial charge in [-0.2, -0.15) is 0 Å². The standard InChI is InChI=1S/C14H15Cl2N3/c1-18-13(9-4-3-7-19-14(9)17)8-10-11(15)5-2-6-12(10)16/h2-7,13,18H,8H2,1H3,(H2,17,19). The Balaban J connectivity index is 2.32. The number of anilines is 1. The number of pyridine rings is 1. The first-order valence-corrected chi connectivity index (χ1v) is 6.69. The molecule has 2 rings (SSSR count). The molecule has 0 saturated carbocycles. The molecule has 0 spiro atoms. The van der Waals surface area contributed by atoms with Gasteiger partial charge < -0.3 is 11.1 Å². The molecule has 3 N–H and O–H groups in total. The van der Waals surface area contributed by atoms with Crippen LogP contribution in [0.3, 0.4) is 0 Å². The zero-order chi connectivity index (χ0) is 13.8. The molecular weight excluding hydrogens is 281 g/mol. The smallest absolute Gasteiger partial charge is 0.128 e. The van der Waals surface area contributed by atoms with Crippen LogP contribution in [-0.4, -0.2) is 12.0 Å². The molecule has 1 atom stereocenters. The lowest BCUT2D eigenvalue weighted by molar-refractivity contribution is 0.592. The number of halogens is 2. The van der Waals surface area contributed by atoms with Gasteiger partial charge in [-0.3, -0.25) is 0 Å². The first kappa shape index (κ1) is 14.1. The van der Waals surface area contributed by atoms with Crippen molar-refractivity contribution in [3.05, 3.63) is 57.7 Å². The van der Waals surface area contributed by atoms with E-state index < -0.39 is 0 Å². The number of likely N-dealkylation sites (N-methyl/N-ethyl adjacent to an activating group) is 1. The zero-order valence-electron chi connectivity index (χ0n) is 10.5. The number of benzene rings is 1. The number of nitrogen functional groups attached to an aromatic ring is 1. The van der Waals surface area contributed by atoms with Crippen LogP contribution in [0.2, 0.25) is 10.0 Å². The van der Waals surface area contributed by atoms with E-state index in [2.05, 4.69) is 10.3 Å². The lowest BCUT2D eigenvalue weighted by Crippen LogP contribution is -2.20. The first-order chi connectivity index (χ1) is 9.13. The first-order valence-electron chi connectivity index (χ1n) is 5.94. The molecule has 3 nitrogen and oxygen atoms in total. The number of nitrogens with one attached hydrogen (secondary N) is 1. The molecule has 0 saturated heterocycles. The summed E-state index contributed by atoms with van der Waals surface area (Å²) < 4.78 is 0. The van der Waals surface area contributed by atoms with Gasteiger partial charge in [0.2, 0.25) is 0 Å². The van der Waals surface area contributed by atoms with Gasteiger partial charge in [-0.25, -0.2) is 4.98 Å². The summed E-state index contributed by atoms with van der Waals surface area (Å²) in [5.41, 5.74) is 7.77. The molecule has 0 aliphatic carbocycles. The Morgan fingerprint density at radius 1 is 1.21 bits per heavy atom. The van der Waals surface area contributed by atoms with Crippen LogP contribution in [0.1, 0.15) is 17.2 Å². The lowest BCUT2D eigenvalue weighted by atomic mass is 9.99. The van der Waals surface area contributed by atoms with Crippen molar-refractivity contribution in [1.82, 2.24) is 10.3 Å². The molecule has 1 aromatic heterocycles. The Morgan fingerprint density at radius 3 is 2.47 bits per heavy atom. The third kappa shape index (κ3) is 3.18. The zero-order valence-corrected chi connectivity index (χ0v) is 12.0. The number of hydrogen-bond donors (Lipinski definition) is 2. The topological polar surface area (TPSA) is 50.9 Å². The van der Waals surface area contributed by atoms with Gasteiger partial charge in [0.05, 0.1) is 0 Å².